The third kappa shape index (κ3) is 5.23. The molecule has 7 nitrogen and oxygen atoms in total. The Hall–Kier alpha value is -3.87. The van der Waals surface area contributed by atoms with E-state index in [4.69, 9.17) is 4.74 Å². The maximum Gasteiger partial charge on any atom is 0.258 e. The molecule has 1 aliphatic heterocycles. The number of anilines is 1. The van der Waals surface area contributed by atoms with Gasteiger partial charge < -0.3 is 19.9 Å². The summed E-state index contributed by atoms with van der Waals surface area (Å²) in [4.78, 5) is 43.2. The van der Waals surface area contributed by atoms with E-state index in [1.165, 1.54) is 0 Å². The summed E-state index contributed by atoms with van der Waals surface area (Å²) in [5.74, 6) is 0.454. The number of rotatable bonds is 10. The van der Waals surface area contributed by atoms with E-state index in [-0.39, 0.29) is 30.2 Å². The topological polar surface area (TPSA) is 79.0 Å². The lowest BCUT2D eigenvalue weighted by molar-refractivity contribution is -0.141. The molecular formula is C31H35N3O4. The number of nitrogens with one attached hydrogen (secondary N) is 1. The standard InChI is InChI=1S/C31H35N3O4/c1-21(30(36)32-24-12-3-4-13-24)34(20-22-9-5-14-25(19-22)38-2)28(35)17-8-18-33-27-16-7-11-23-10-6-15-26(29(23)27)31(33)37/h5-7,9-11,14-16,19,21,24H,3-4,8,12-13,17-18,20H2,1-2H3,(H,32,36)/t21-/m1/s1. The average Bonchev–Trinajstić information content (AvgIpc) is 3.55. The summed E-state index contributed by atoms with van der Waals surface area (Å²) in [6, 6.07) is 18.9. The van der Waals surface area contributed by atoms with Crippen LogP contribution in [0.5, 0.6) is 5.75 Å². The molecule has 2 aliphatic rings. The van der Waals surface area contributed by atoms with Crippen molar-refractivity contribution in [2.45, 2.75) is 64.1 Å². The van der Waals surface area contributed by atoms with Crippen LogP contribution in [-0.4, -0.2) is 48.4 Å². The van der Waals surface area contributed by atoms with Crippen molar-refractivity contribution in [2.24, 2.45) is 0 Å². The van der Waals surface area contributed by atoms with Crippen LogP contribution in [0.3, 0.4) is 0 Å². The Morgan fingerprint density at radius 2 is 1.82 bits per heavy atom. The third-order valence-corrected chi connectivity index (χ3v) is 7.78. The normalized spacial score (nSPS) is 15.6. The summed E-state index contributed by atoms with van der Waals surface area (Å²) in [6.07, 6.45) is 4.96. The predicted octanol–water partition coefficient (Wildman–Crippen LogP) is 5.06. The van der Waals surface area contributed by atoms with Crippen LogP contribution in [0, 0.1) is 0 Å². The van der Waals surface area contributed by atoms with Gasteiger partial charge in [-0.1, -0.05) is 49.2 Å². The fraction of sp³-hybridized carbons (Fsp3) is 0.387. The first kappa shape index (κ1) is 25.8. The van der Waals surface area contributed by atoms with E-state index in [0.29, 0.717) is 30.8 Å². The van der Waals surface area contributed by atoms with E-state index in [9.17, 15) is 14.4 Å². The highest BCUT2D eigenvalue weighted by Gasteiger charge is 2.31. The van der Waals surface area contributed by atoms with Crippen LogP contribution in [-0.2, 0) is 16.1 Å². The van der Waals surface area contributed by atoms with Crippen molar-refractivity contribution in [1.29, 1.82) is 0 Å². The van der Waals surface area contributed by atoms with E-state index in [2.05, 4.69) is 5.32 Å². The molecule has 0 saturated heterocycles. The summed E-state index contributed by atoms with van der Waals surface area (Å²) in [5, 5.41) is 5.16. The number of nitrogens with zero attached hydrogens (tertiary/aromatic N) is 2. The lowest BCUT2D eigenvalue weighted by Gasteiger charge is -2.30. The van der Waals surface area contributed by atoms with Gasteiger partial charge in [-0.2, -0.15) is 0 Å². The molecule has 3 aromatic carbocycles. The van der Waals surface area contributed by atoms with Crippen molar-refractivity contribution < 1.29 is 19.1 Å². The zero-order valence-corrected chi connectivity index (χ0v) is 22.1. The molecule has 0 spiro atoms. The lowest BCUT2D eigenvalue weighted by atomic mass is 10.1. The van der Waals surface area contributed by atoms with E-state index in [1.54, 1.807) is 23.8 Å². The number of carbonyl (C=O) groups excluding carboxylic acids is 3. The SMILES string of the molecule is COc1cccc(CN(C(=O)CCCN2C(=O)c3cccc4cccc2c34)[C@H](C)C(=O)NC2CCCC2)c1. The highest BCUT2D eigenvalue weighted by molar-refractivity contribution is 6.25. The second-order valence-electron chi connectivity index (χ2n) is 10.3. The Bertz CT molecular complexity index is 1340. The highest BCUT2D eigenvalue weighted by Crippen LogP contribution is 2.37. The van der Waals surface area contributed by atoms with Gasteiger partial charge >= 0.3 is 0 Å². The molecule has 3 aromatic rings. The monoisotopic (exact) mass is 513 g/mol. The number of ether oxygens (including phenoxy) is 1. The predicted molar refractivity (Wildman–Crippen MR) is 148 cm³/mol. The fourth-order valence-corrected chi connectivity index (χ4v) is 5.68. The van der Waals surface area contributed by atoms with E-state index < -0.39 is 6.04 Å². The molecule has 0 aromatic heterocycles. The third-order valence-electron chi connectivity index (χ3n) is 7.78. The van der Waals surface area contributed by atoms with Gasteiger partial charge in [0.15, 0.2) is 0 Å². The quantitative estimate of drug-likeness (QED) is 0.411. The molecule has 1 atom stereocenters. The Balaban J connectivity index is 1.28. The van der Waals surface area contributed by atoms with Crippen LogP contribution in [0.4, 0.5) is 5.69 Å². The van der Waals surface area contributed by atoms with Crippen molar-refractivity contribution in [3.05, 3.63) is 71.8 Å². The van der Waals surface area contributed by atoms with Crippen molar-refractivity contribution in [1.82, 2.24) is 10.2 Å². The van der Waals surface area contributed by atoms with Crippen LogP contribution >= 0.6 is 0 Å². The van der Waals surface area contributed by atoms with Gasteiger partial charge in [0.1, 0.15) is 11.8 Å². The zero-order chi connectivity index (χ0) is 26.6. The summed E-state index contributed by atoms with van der Waals surface area (Å²) in [6.45, 7) is 2.54. The molecule has 0 unspecified atom stereocenters. The molecule has 1 N–H and O–H groups in total. The minimum Gasteiger partial charge on any atom is -0.497 e. The van der Waals surface area contributed by atoms with Crippen molar-refractivity contribution in [2.75, 3.05) is 18.6 Å². The van der Waals surface area contributed by atoms with Gasteiger partial charge in [0.2, 0.25) is 11.8 Å². The molecular weight excluding hydrogens is 478 g/mol. The second-order valence-corrected chi connectivity index (χ2v) is 10.3. The van der Waals surface area contributed by atoms with E-state index >= 15 is 0 Å². The number of methoxy groups -OCH3 is 1. The van der Waals surface area contributed by atoms with Crippen molar-refractivity contribution in [3.63, 3.8) is 0 Å². The first-order chi connectivity index (χ1) is 18.5. The van der Waals surface area contributed by atoms with Gasteiger partial charge in [0.05, 0.1) is 12.8 Å². The lowest BCUT2D eigenvalue weighted by Crippen LogP contribution is -2.49. The summed E-state index contributed by atoms with van der Waals surface area (Å²) in [7, 11) is 1.61. The van der Waals surface area contributed by atoms with Crippen LogP contribution in [0.15, 0.2) is 60.7 Å². The van der Waals surface area contributed by atoms with Gasteiger partial charge in [-0.25, -0.2) is 0 Å². The Labute approximate surface area is 223 Å². The smallest absolute Gasteiger partial charge is 0.258 e. The Morgan fingerprint density at radius 1 is 1.08 bits per heavy atom. The maximum atomic E-state index is 13.6. The number of carbonyl (C=O) groups is 3. The molecule has 0 radical (unpaired) electrons. The molecule has 5 rings (SSSR count). The van der Waals surface area contributed by atoms with Gasteiger partial charge in [0, 0.05) is 36.5 Å². The van der Waals surface area contributed by atoms with Crippen LogP contribution in [0.25, 0.3) is 10.8 Å². The average molecular weight is 514 g/mol. The summed E-state index contributed by atoms with van der Waals surface area (Å²) < 4.78 is 5.36. The number of hydrogen-bond acceptors (Lipinski definition) is 4. The van der Waals surface area contributed by atoms with Crippen LogP contribution in [0.2, 0.25) is 0 Å². The van der Waals surface area contributed by atoms with Crippen LogP contribution in [0.1, 0.15) is 61.4 Å². The number of benzene rings is 3. The van der Waals surface area contributed by atoms with Crippen molar-refractivity contribution in [3.8, 4) is 5.75 Å². The minimum atomic E-state index is -0.610. The van der Waals surface area contributed by atoms with Gasteiger partial charge in [-0.05, 0) is 61.4 Å². The zero-order valence-electron chi connectivity index (χ0n) is 22.1. The summed E-state index contributed by atoms with van der Waals surface area (Å²) >= 11 is 0. The molecule has 1 aliphatic carbocycles. The first-order valence-corrected chi connectivity index (χ1v) is 13.5. The molecule has 1 fully saturated rings. The first-order valence-electron chi connectivity index (χ1n) is 13.5. The molecule has 1 saturated carbocycles. The maximum absolute atomic E-state index is 13.6. The molecule has 38 heavy (non-hydrogen) atoms. The van der Waals surface area contributed by atoms with Gasteiger partial charge in [-0.3, -0.25) is 14.4 Å². The number of hydrogen-bond donors (Lipinski definition) is 1. The molecule has 7 heteroatoms. The summed E-state index contributed by atoms with van der Waals surface area (Å²) in [5.41, 5.74) is 2.50. The van der Waals surface area contributed by atoms with Gasteiger partial charge in [-0.15, -0.1) is 0 Å². The molecule has 198 valence electrons. The minimum absolute atomic E-state index is 0.0261. The fourth-order valence-electron chi connectivity index (χ4n) is 5.68. The highest BCUT2D eigenvalue weighted by atomic mass is 16.5. The number of amides is 3. The van der Waals surface area contributed by atoms with Gasteiger partial charge in [0.25, 0.3) is 5.91 Å². The molecule has 1 heterocycles. The largest absolute Gasteiger partial charge is 0.497 e. The second kappa shape index (κ2) is 11.3. The van der Waals surface area contributed by atoms with Crippen molar-refractivity contribution >= 4 is 34.2 Å². The Morgan fingerprint density at radius 3 is 2.58 bits per heavy atom. The van der Waals surface area contributed by atoms with E-state index in [0.717, 1.165) is 47.7 Å². The van der Waals surface area contributed by atoms with E-state index in [1.807, 2.05) is 60.7 Å². The molecule has 3 amide bonds. The Kier molecular flexibility index (Phi) is 7.63. The van der Waals surface area contributed by atoms with Crippen LogP contribution < -0.4 is 15.0 Å². The molecule has 0 bridgehead atoms.